The van der Waals surface area contributed by atoms with E-state index in [1.54, 1.807) is 6.20 Å². The summed E-state index contributed by atoms with van der Waals surface area (Å²) in [6.45, 7) is 1.98. The number of halogens is 3. The molecule has 1 fully saturated rings. The van der Waals surface area contributed by atoms with Gasteiger partial charge in [-0.1, -0.05) is 6.07 Å². The molecule has 1 aliphatic heterocycles. The fourth-order valence-electron chi connectivity index (χ4n) is 3.21. The van der Waals surface area contributed by atoms with Crippen molar-refractivity contribution in [1.82, 2.24) is 24.6 Å². The van der Waals surface area contributed by atoms with Crippen LogP contribution in [0, 0.1) is 0 Å². The van der Waals surface area contributed by atoms with E-state index < -0.39 is 23.4 Å². The van der Waals surface area contributed by atoms with Crippen LogP contribution in [-0.2, 0) is 4.79 Å². The van der Waals surface area contributed by atoms with E-state index >= 15 is 0 Å². The molecule has 1 saturated heterocycles. The number of H-pyrrole nitrogens is 1. The lowest BCUT2D eigenvalue weighted by Crippen LogP contribution is -2.29. The lowest BCUT2D eigenvalue weighted by molar-refractivity contribution is -0.192. The minimum atomic E-state index is -5.08. The smallest absolute Gasteiger partial charge is 0.475 e. The zero-order valence-electron chi connectivity index (χ0n) is 15.5. The first-order chi connectivity index (χ1) is 14.2. The van der Waals surface area contributed by atoms with Crippen molar-refractivity contribution in [3.63, 3.8) is 0 Å². The number of alkyl halides is 3. The Morgan fingerprint density at radius 2 is 1.83 bits per heavy atom. The average Bonchev–Trinajstić information content (AvgIpc) is 3.13. The lowest BCUT2D eigenvalue weighted by atomic mass is 10.1. The Bertz CT molecular complexity index is 1160. The summed E-state index contributed by atoms with van der Waals surface area (Å²) in [4.78, 5) is 34.5. The molecule has 1 aliphatic rings. The Hall–Kier alpha value is -3.41. The van der Waals surface area contributed by atoms with Crippen LogP contribution in [0.2, 0.25) is 0 Å². The number of carbonyl (C=O) groups is 1. The molecular formula is C18H18F3N5O4. The predicted molar refractivity (Wildman–Crippen MR) is 101 cm³/mol. The fourth-order valence-corrected chi connectivity index (χ4v) is 3.21. The maximum atomic E-state index is 12.1. The Morgan fingerprint density at radius 1 is 1.17 bits per heavy atom. The van der Waals surface area contributed by atoms with Gasteiger partial charge >= 0.3 is 17.8 Å². The SMILES string of the molecule is O=C(O)C(F)(F)F.O=c1ccn(-c2cccc3c2cnn3C2CCNCC2)c(=O)[nH]1. The van der Waals surface area contributed by atoms with Gasteiger partial charge in [0.05, 0.1) is 23.4 Å². The summed E-state index contributed by atoms with van der Waals surface area (Å²) >= 11 is 0. The number of aromatic nitrogens is 4. The second-order valence-electron chi connectivity index (χ2n) is 6.56. The first kappa shape index (κ1) is 21.3. The Kier molecular flexibility index (Phi) is 6.06. The molecule has 0 amide bonds. The molecule has 0 aliphatic carbocycles. The molecule has 1 aromatic carbocycles. The molecule has 160 valence electrons. The van der Waals surface area contributed by atoms with Crippen molar-refractivity contribution >= 4 is 16.9 Å². The number of benzene rings is 1. The quantitative estimate of drug-likeness (QED) is 0.571. The number of rotatable bonds is 2. The van der Waals surface area contributed by atoms with E-state index in [-0.39, 0.29) is 0 Å². The molecule has 0 bridgehead atoms. The van der Waals surface area contributed by atoms with Crippen molar-refractivity contribution < 1.29 is 23.1 Å². The zero-order chi connectivity index (χ0) is 21.9. The molecular weight excluding hydrogens is 407 g/mol. The van der Waals surface area contributed by atoms with Crippen LogP contribution in [0.15, 0.2) is 46.2 Å². The third-order valence-corrected chi connectivity index (χ3v) is 4.60. The van der Waals surface area contributed by atoms with Crippen LogP contribution in [0.3, 0.4) is 0 Å². The molecule has 0 spiro atoms. The number of carboxylic acids is 1. The highest BCUT2D eigenvalue weighted by atomic mass is 19.4. The van der Waals surface area contributed by atoms with Crippen LogP contribution in [0.5, 0.6) is 0 Å². The zero-order valence-corrected chi connectivity index (χ0v) is 15.5. The maximum Gasteiger partial charge on any atom is 0.490 e. The van der Waals surface area contributed by atoms with Crippen molar-refractivity contribution in [3.8, 4) is 5.69 Å². The maximum absolute atomic E-state index is 12.1. The van der Waals surface area contributed by atoms with E-state index in [0.717, 1.165) is 42.5 Å². The first-order valence-corrected chi connectivity index (χ1v) is 8.98. The second-order valence-corrected chi connectivity index (χ2v) is 6.56. The van der Waals surface area contributed by atoms with Gasteiger partial charge < -0.3 is 10.4 Å². The number of piperidine rings is 1. The summed E-state index contributed by atoms with van der Waals surface area (Å²) in [5.74, 6) is -2.76. The van der Waals surface area contributed by atoms with Gasteiger partial charge in [-0.15, -0.1) is 0 Å². The third-order valence-electron chi connectivity index (χ3n) is 4.60. The van der Waals surface area contributed by atoms with Crippen molar-refractivity contribution in [2.24, 2.45) is 0 Å². The molecule has 0 saturated carbocycles. The predicted octanol–water partition coefficient (Wildman–Crippen LogP) is 1.43. The summed E-state index contributed by atoms with van der Waals surface area (Å²) in [5, 5.41) is 15.9. The molecule has 12 heteroatoms. The lowest BCUT2D eigenvalue weighted by Gasteiger charge is -2.23. The molecule has 0 unspecified atom stereocenters. The van der Waals surface area contributed by atoms with E-state index in [2.05, 4.69) is 20.1 Å². The summed E-state index contributed by atoms with van der Waals surface area (Å²) in [6.07, 6.45) is 0.293. The van der Waals surface area contributed by atoms with Crippen molar-refractivity contribution in [3.05, 3.63) is 57.5 Å². The molecule has 3 heterocycles. The second kappa shape index (κ2) is 8.53. The number of carboxylic acid groups (broad SMARTS) is 1. The van der Waals surface area contributed by atoms with Gasteiger partial charge in [-0.05, 0) is 38.1 Å². The minimum Gasteiger partial charge on any atom is -0.475 e. The number of aliphatic carboxylic acids is 1. The van der Waals surface area contributed by atoms with Crippen LogP contribution in [0.1, 0.15) is 18.9 Å². The number of fused-ring (bicyclic) bond motifs is 1. The molecule has 0 radical (unpaired) electrons. The molecule has 9 nitrogen and oxygen atoms in total. The van der Waals surface area contributed by atoms with E-state index in [1.807, 2.05) is 18.2 Å². The van der Waals surface area contributed by atoms with Crippen LogP contribution >= 0.6 is 0 Å². The molecule has 2 aromatic heterocycles. The molecule has 30 heavy (non-hydrogen) atoms. The van der Waals surface area contributed by atoms with Crippen LogP contribution in [0.4, 0.5) is 13.2 Å². The summed E-state index contributed by atoms with van der Waals surface area (Å²) in [6, 6.07) is 7.50. The fraction of sp³-hybridized carbons (Fsp3) is 0.333. The number of nitrogens with one attached hydrogen (secondary N) is 2. The van der Waals surface area contributed by atoms with Gasteiger partial charge in [-0.25, -0.2) is 9.59 Å². The molecule has 0 atom stereocenters. The van der Waals surface area contributed by atoms with Crippen molar-refractivity contribution in [2.45, 2.75) is 25.1 Å². The highest BCUT2D eigenvalue weighted by molar-refractivity contribution is 5.87. The largest absolute Gasteiger partial charge is 0.490 e. The van der Waals surface area contributed by atoms with Gasteiger partial charge in [0, 0.05) is 17.6 Å². The van der Waals surface area contributed by atoms with Crippen LogP contribution in [-0.4, -0.2) is 49.7 Å². The number of aromatic amines is 1. The number of nitrogens with zero attached hydrogens (tertiary/aromatic N) is 3. The summed E-state index contributed by atoms with van der Waals surface area (Å²) < 4.78 is 35.2. The monoisotopic (exact) mass is 425 g/mol. The Balaban J connectivity index is 0.000000318. The Labute approximate surface area is 166 Å². The topological polar surface area (TPSA) is 122 Å². The first-order valence-electron chi connectivity index (χ1n) is 8.98. The minimum absolute atomic E-state index is 0.372. The highest BCUT2D eigenvalue weighted by Crippen LogP contribution is 2.26. The molecule has 3 N–H and O–H groups in total. The van der Waals surface area contributed by atoms with E-state index in [1.165, 1.54) is 16.8 Å². The third kappa shape index (κ3) is 4.59. The molecule has 4 rings (SSSR count). The average molecular weight is 425 g/mol. The van der Waals surface area contributed by atoms with Gasteiger partial charge in [0.25, 0.3) is 5.56 Å². The van der Waals surface area contributed by atoms with Crippen molar-refractivity contribution in [2.75, 3.05) is 13.1 Å². The van der Waals surface area contributed by atoms with E-state index in [0.29, 0.717) is 6.04 Å². The standard InChI is InChI=1S/C16H17N5O2.C2HF3O2/c22-15-6-9-20(16(23)19-15)13-2-1-3-14-12(13)10-18-21(14)11-4-7-17-8-5-11;3-2(4,5)1(6)7/h1-3,6,9-11,17H,4-5,7-8H2,(H,19,22,23);(H,6,7). The summed E-state index contributed by atoms with van der Waals surface area (Å²) in [5.41, 5.74) is 0.889. The van der Waals surface area contributed by atoms with Crippen LogP contribution in [0.25, 0.3) is 16.6 Å². The van der Waals surface area contributed by atoms with E-state index in [9.17, 15) is 22.8 Å². The van der Waals surface area contributed by atoms with Gasteiger partial charge in [0.2, 0.25) is 0 Å². The normalized spacial score (nSPS) is 14.9. The summed E-state index contributed by atoms with van der Waals surface area (Å²) in [7, 11) is 0. The van der Waals surface area contributed by atoms with Gasteiger partial charge in [0.15, 0.2) is 0 Å². The van der Waals surface area contributed by atoms with Gasteiger partial charge in [-0.2, -0.15) is 18.3 Å². The van der Waals surface area contributed by atoms with Crippen molar-refractivity contribution in [1.29, 1.82) is 0 Å². The highest BCUT2D eigenvalue weighted by Gasteiger charge is 2.38. The van der Waals surface area contributed by atoms with Gasteiger partial charge in [0.1, 0.15) is 0 Å². The van der Waals surface area contributed by atoms with Crippen LogP contribution < -0.4 is 16.6 Å². The Morgan fingerprint density at radius 3 is 2.43 bits per heavy atom. The number of hydrogen-bond donors (Lipinski definition) is 3. The van der Waals surface area contributed by atoms with E-state index in [4.69, 9.17) is 9.90 Å². The van der Waals surface area contributed by atoms with Gasteiger partial charge in [-0.3, -0.25) is 19.0 Å². The number of hydrogen-bond acceptors (Lipinski definition) is 5. The molecule has 3 aromatic rings.